The average molecular weight is 559 g/mol. The van der Waals surface area contributed by atoms with Crippen LogP contribution >= 0.6 is 0 Å². The molecule has 1 rings (SSSR count). The molecule has 224 valence electrons. The monoisotopic (exact) mass is 558 g/mol. The Labute approximate surface area is 231 Å². The normalized spacial score (nSPS) is 18.3. The summed E-state index contributed by atoms with van der Waals surface area (Å²) in [7, 11) is 0. The van der Waals surface area contributed by atoms with Crippen molar-refractivity contribution in [1.29, 1.82) is 0 Å². The molecule has 0 saturated carbocycles. The van der Waals surface area contributed by atoms with Gasteiger partial charge in [0.05, 0.1) is 18.6 Å². The minimum absolute atomic E-state index is 0.0517. The number of ether oxygens (including phenoxy) is 2. The van der Waals surface area contributed by atoms with E-state index in [1.54, 1.807) is 4.90 Å². The van der Waals surface area contributed by atoms with Crippen molar-refractivity contribution in [3.05, 3.63) is 0 Å². The summed E-state index contributed by atoms with van der Waals surface area (Å²) in [4.78, 5) is 65.2. The van der Waals surface area contributed by atoms with Crippen LogP contribution in [0.4, 0.5) is 0 Å². The summed E-state index contributed by atoms with van der Waals surface area (Å²) in [6.07, 6.45) is 5.76. The molecular weight excluding hydrogens is 512 g/mol. The summed E-state index contributed by atoms with van der Waals surface area (Å²) >= 11 is 0. The van der Waals surface area contributed by atoms with Gasteiger partial charge in [0.1, 0.15) is 13.5 Å². The third-order valence-corrected chi connectivity index (χ3v) is 6.95. The van der Waals surface area contributed by atoms with Gasteiger partial charge in [-0.05, 0) is 25.7 Å². The molecule has 0 bridgehead atoms. The zero-order valence-corrected chi connectivity index (χ0v) is 23.4. The van der Waals surface area contributed by atoms with Crippen molar-refractivity contribution in [2.45, 2.75) is 70.8 Å². The number of nitrogens with zero attached hydrogens (tertiary/aromatic N) is 4. The molecule has 0 aromatic rings. The molecule has 1 aliphatic heterocycles. The maximum atomic E-state index is 13.0. The van der Waals surface area contributed by atoms with E-state index in [9.17, 15) is 34.2 Å². The van der Waals surface area contributed by atoms with Crippen LogP contribution in [0.1, 0.15) is 65.2 Å². The van der Waals surface area contributed by atoms with Gasteiger partial charge in [0.2, 0.25) is 5.91 Å². The fraction of sp³-hybridized carbons (Fsp3) is 0.808. The Kier molecular flexibility index (Phi) is 17.0. The SMILES string of the molecule is CCCCN(CCCC)C(=O)CCCCC1(N(COC=O)CC(=O)O)CN(COC=O)CCN(CC(=O)O)C1. The van der Waals surface area contributed by atoms with Crippen molar-refractivity contribution in [1.82, 2.24) is 19.6 Å². The van der Waals surface area contributed by atoms with E-state index in [2.05, 4.69) is 13.8 Å². The van der Waals surface area contributed by atoms with E-state index in [1.807, 2.05) is 9.80 Å². The van der Waals surface area contributed by atoms with Gasteiger partial charge in [0.15, 0.2) is 0 Å². The summed E-state index contributed by atoms with van der Waals surface area (Å²) in [5.74, 6) is -2.07. The van der Waals surface area contributed by atoms with E-state index in [-0.39, 0.29) is 45.5 Å². The van der Waals surface area contributed by atoms with Gasteiger partial charge in [0, 0.05) is 45.7 Å². The van der Waals surface area contributed by atoms with Gasteiger partial charge in [0.25, 0.3) is 12.9 Å². The smallest absolute Gasteiger partial charge is 0.317 e. The zero-order valence-electron chi connectivity index (χ0n) is 23.4. The second kappa shape index (κ2) is 19.3. The molecule has 13 nitrogen and oxygen atoms in total. The summed E-state index contributed by atoms with van der Waals surface area (Å²) in [6, 6.07) is 0. The Hall–Kier alpha value is -2.77. The average Bonchev–Trinajstić information content (AvgIpc) is 3.06. The summed E-state index contributed by atoms with van der Waals surface area (Å²) in [5.41, 5.74) is -0.952. The predicted octanol–water partition coefficient (Wildman–Crippen LogP) is 1.06. The van der Waals surface area contributed by atoms with Gasteiger partial charge in [-0.3, -0.25) is 38.7 Å². The number of hydrogen-bond acceptors (Lipinski definition) is 10. The molecule has 0 spiro atoms. The molecule has 0 aromatic heterocycles. The largest absolute Gasteiger partial charge is 0.480 e. The molecule has 13 heteroatoms. The fourth-order valence-corrected chi connectivity index (χ4v) is 4.99. The molecule has 1 fully saturated rings. The maximum absolute atomic E-state index is 13.0. The number of carbonyl (C=O) groups excluding carboxylic acids is 3. The number of carboxylic acids is 2. The van der Waals surface area contributed by atoms with Crippen LogP contribution in [0, 0.1) is 0 Å². The predicted molar refractivity (Wildman–Crippen MR) is 142 cm³/mol. The lowest BCUT2D eigenvalue weighted by Gasteiger charge is -2.45. The Balaban J connectivity index is 3.17. The number of unbranched alkanes of at least 4 members (excludes halogenated alkanes) is 3. The third kappa shape index (κ3) is 13.2. The first-order valence-electron chi connectivity index (χ1n) is 13.7. The topological polar surface area (TPSA) is 157 Å². The standard InChI is InChI=1S/C26H46N4O9/c1-3-5-11-29(12-6-4-2)23(33)9-7-8-10-26(30(16-25(36)37)20-39-22-32)17-27(15-24(34)35)13-14-28(18-26)19-38-21-31/h21-22H,3-20H2,1-2H3,(H,34,35)(H,36,37). The van der Waals surface area contributed by atoms with Gasteiger partial charge >= 0.3 is 11.9 Å². The molecule has 0 radical (unpaired) electrons. The van der Waals surface area contributed by atoms with Crippen molar-refractivity contribution >= 4 is 30.8 Å². The van der Waals surface area contributed by atoms with E-state index in [4.69, 9.17) is 9.47 Å². The highest BCUT2D eigenvalue weighted by molar-refractivity contribution is 5.76. The van der Waals surface area contributed by atoms with Crippen molar-refractivity contribution in [3.63, 3.8) is 0 Å². The molecule has 1 aliphatic rings. The molecule has 1 heterocycles. The van der Waals surface area contributed by atoms with E-state index in [0.717, 1.165) is 38.8 Å². The van der Waals surface area contributed by atoms with Gasteiger partial charge < -0.3 is 24.6 Å². The van der Waals surface area contributed by atoms with Crippen LogP contribution in [-0.2, 0) is 33.4 Å². The second-order valence-electron chi connectivity index (χ2n) is 10.1. The van der Waals surface area contributed by atoms with Crippen LogP contribution in [0.15, 0.2) is 0 Å². The highest BCUT2D eigenvalue weighted by atomic mass is 16.5. The van der Waals surface area contributed by atoms with Gasteiger partial charge in [-0.2, -0.15) is 0 Å². The maximum Gasteiger partial charge on any atom is 0.317 e. The lowest BCUT2D eigenvalue weighted by Crippen LogP contribution is -2.61. The number of carboxylic acid groups (broad SMARTS) is 2. The molecule has 1 atom stereocenters. The van der Waals surface area contributed by atoms with Crippen molar-refractivity contribution in [2.75, 3.05) is 65.8 Å². The Morgan fingerprint density at radius 1 is 0.872 bits per heavy atom. The Morgan fingerprint density at radius 3 is 2.05 bits per heavy atom. The number of carbonyl (C=O) groups is 5. The first kappa shape index (κ1) is 34.3. The highest BCUT2D eigenvalue weighted by Crippen LogP contribution is 2.28. The molecule has 0 aromatic carbocycles. The second-order valence-corrected chi connectivity index (χ2v) is 10.1. The van der Waals surface area contributed by atoms with Gasteiger partial charge in [-0.25, -0.2) is 0 Å². The first-order chi connectivity index (χ1) is 18.7. The summed E-state index contributed by atoms with van der Waals surface area (Å²) in [5, 5.41) is 19.1. The quantitative estimate of drug-likeness (QED) is 0.111. The van der Waals surface area contributed by atoms with Crippen LogP contribution in [0.2, 0.25) is 0 Å². The number of aliphatic carboxylic acids is 2. The van der Waals surface area contributed by atoms with Crippen LogP contribution < -0.4 is 0 Å². The molecule has 1 amide bonds. The molecular formula is C26H46N4O9. The highest BCUT2D eigenvalue weighted by Gasteiger charge is 2.43. The first-order valence-corrected chi connectivity index (χ1v) is 13.7. The Morgan fingerprint density at radius 2 is 1.49 bits per heavy atom. The van der Waals surface area contributed by atoms with E-state index in [0.29, 0.717) is 45.2 Å². The van der Waals surface area contributed by atoms with E-state index in [1.165, 1.54) is 4.90 Å². The minimum Gasteiger partial charge on any atom is -0.480 e. The Bertz CT molecular complexity index is 762. The fourth-order valence-electron chi connectivity index (χ4n) is 4.99. The van der Waals surface area contributed by atoms with Crippen LogP contribution in [0.3, 0.4) is 0 Å². The van der Waals surface area contributed by atoms with Crippen molar-refractivity contribution < 1.29 is 43.7 Å². The van der Waals surface area contributed by atoms with Gasteiger partial charge in [-0.1, -0.05) is 33.1 Å². The van der Waals surface area contributed by atoms with Crippen molar-refractivity contribution in [3.8, 4) is 0 Å². The molecule has 1 saturated heterocycles. The van der Waals surface area contributed by atoms with E-state index < -0.39 is 24.0 Å². The van der Waals surface area contributed by atoms with Crippen LogP contribution in [0.5, 0.6) is 0 Å². The zero-order chi connectivity index (χ0) is 29.1. The lowest BCUT2D eigenvalue weighted by atomic mass is 9.88. The molecule has 0 aliphatic carbocycles. The number of hydrogen-bond donors (Lipinski definition) is 2. The lowest BCUT2D eigenvalue weighted by molar-refractivity contribution is -0.151. The number of amides is 1. The van der Waals surface area contributed by atoms with Gasteiger partial charge in [-0.15, -0.1) is 0 Å². The molecule has 2 N–H and O–H groups in total. The van der Waals surface area contributed by atoms with E-state index >= 15 is 0 Å². The molecule has 1 unspecified atom stereocenters. The summed E-state index contributed by atoms with van der Waals surface area (Å²) < 4.78 is 9.95. The van der Waals surface area contributed by atoms with Crippen LogP contribution in [-0.4, -0.2) is 132 Å². The third-order valence-electron chi connectivity index (χ3n) is 6.95. The summed E-state index contributed by atoms with van der Waals surface area (Å²) in [6.45, 7) is 6.31. The minimum atomic E-state index is -1.13. The van der Waals surface area contributed by atoms with Crippen LogP contribution in [0.25, 0.3) is 0 Å². The van der Waals surface area contributed by atoms with Crippen molar-refractivity contribution in [2.24, 2.45) is 0 Å². The number of rotatable bonds is 22. The molecule has 39 heavy (non-hydrogen) atoms.